The van der Waals surface area contributed by atoms with Gasteiger partial charge in [-0.15, -0.1) is 11.8 Å². The number of hydrogen-bond donors (Lipinski definition) is 6. The number of aromatic hydroxyl groups is 1. The number of aliphatic hydroxyl groups excluding tert-OH is 1. The van der Waals surface area contributed by atoms with E-state index < -0.39 is 36.2 Å². The van der Waals surface area contributed by atoms with E-state index in [1.807, 2.05) is 12.4 Å². The summed E-state index contributed by atoms with van der Waals surface area (Å²) in [6.07, 6.45) is 7.32. The highest BCUT2D eigenvalue weighted by Gasteiger charge is 2.59. The Kier molecular flexibility index (Phi) is 13.6. The minimum atomic E-state index is -2.11. The van der Waals surface area contributed by atoms with Crippen LogP contribution in [0.2, 0.25) is 0 Å². The van der Waals surface area contributed by atoms with E-state index >= 15 is 0 Å². The smallest absolute Gasteiger partial charge is 0.335 e. The normalized spacial score (nSPS) is 27.7. The number of H-pyrrole nitrogens is 1. The molecule has 2 saturated heterocycles. The summed E-state index contributed by atoms with van der Waals surface area (Å²) in [5.41, 5.74) is 2.28. The molecule has 6 N–H and O–H groups in total. The van der Waals surface area contributed by atoms with E-state index in [1.165, 1.54) is 58.5 Å². The molecule has 8 atom stereocenters. The molecule has 2 aromatic heterocycles. The van der Waals surface area contributed by atoms with Gasteiger partial charge in [-0.1, -0.05) is 70.1 Å². The van der Waals surface area contributed by atoms with Crippen LogP contribution in [-0.2, 0) is 20.7 Å². The minimum absolute atomic E-state index is 0.0267. The van der Waals surface area contributed by atoms with E-state index in [-0.39, 0.29) is 58.1 Å². The third kappa shape index (κ3) is 9.59. The summed E-state index contributed by atoms with van der Waals surface area (Å²) in [4.78, 5) is 29.2. The Labute approximate surface area is 361 Å². The van der Waals surface area contributed by atoms with E-state index in [0.29, 0.717) is 24.1 Å². The molecule has 0 saturated carbocycles. The summed E-state index contributed by atoms with van der Waals surface area (Å²) in [7, 11) is 3.03. The van der Waals surface area contributed by atoms with Gasteiger partial charge in [-0.2, -0.15) is 0 Å². The van der Waals surface area contributed by atoms with Gasteiger partial charge in [0.1, 0.15) is 41.5 Å². The molecule has 4 heterocycles. The molecule has 318 valence electrons. The van der Waals surface area contributed by atoms with Gasteiger partial charge in [0.25, 0.3) is 0 Å². The molecule has 1 aliphatic carbocycles. The number of aliphatic carboxylic acids is 1. The van der Waals surface area contributed by atoms with Crippen molar-refractivity contribution in [2.75, 3.05) is 24.8 Å². The van der Waals surface area contributed by atoms with Crippen LogP contribution in [0.1, 0.15) is 48.3 Å². The van der Waals surface area contributed by atoms with E-state index in [2.05, 4.69) is 64.6 Å². The van der Waals surface area contributed by atoms with E-state index in [0.717, 1.165) is 37.0 Å². The van der Waals surface area contributed by atoms with Crippen molar-refractivity contribution in [2.45, 2.75) is 68.2 Å². The van der Waals surface area contributed by atoms with Crippen LogP contribution >= 0.6 is 21.6 Å². The summed E-state index contributed by atoms with van der Waals surface area (Å²) < 4.78 is 24.3. The van der Waals surface area contributed by atoms with Crippen molar-refractivity contribution in [1.29, 1.82) is 0 Å². The molecule has 8 rings (SSSR count). The first kappa shape index (κ1) is 42.7. The van der Waals surface area contributed by atoms with Crippen LogP contribution in [0.4, 0.5) is 0 Å². The highest BCUT2D eigenvalue weighted by Crippen LogP contribution is 2.42. The second-order valence-corrected chi connectivity index (χ2v) is 18.1. The standard InChI is InChI=1S/C47H48N2O10S2/c50-34-16-14-32(15-17-34)38-25-56-40-22-35(18-19-36(40)41(38)51)58-46-47(55)27-49-24-37(31-11-4-2-1-3-8-29-9-5-6-10-30(29)12-7-13-31)39(33-20-21-48-23-33)26-60-61-28-57-44(47)42(52)43(59-46)45(53)54/h5-7,9-10,12,14-23,25,31,37,39,42-44,46,48-50,52,55H,1,3,8,11,13,24,26-28H2,(H,53,54). The number of β-amino-alcohol motifs (C(OH)–C–C–N with tert-alkyl or cyclic N) is 1. The molecule has 3 aromatic carbocycles. The zero-order valence-corrected chi connectivity index (χ0v) is 34.9. The molecule has 2 aliphatic heterocycles. The van der Waals surface area contributed by atoms with Crippen LogP contribution in [0.3, 0.4) is 0 Å². The first-order valence-electron chi connectivity index (χ1n) is 20.4. The summed E-state index contributed by atoms with van der Waals surface area (Å²) in [5, 5.41) is 47.8. The highest BCUT2D eigenvalue weighted by molar-refractivity contribution is 8.76. The number of aryl methyl sites for hydroxylation is 1. The van der Waals surface area contributed by atoms with Gasteiger partial charge in [-0.3, -0.25) is 4.79 Å². The maximum absolute atomic E-state index is 13.5. The molecule has 2 fully saturated rings. The van der Waals surface area contributed by atoms with E-state index in [1.54, 1.807) is 22.9 Å². The second kappa shape index (κ2) is 19.4. The molecule has 14 heteroatoms. The van der Waals surface area contributed by atoms with Gasteiger partial charge in [-0.05, 0) is 96.1 Å². The van der Waals surface area contributed by atoms with Crippen molar-refractivity contribution in [1.82, 2.24) is 10.3 Å². The third-order valence-electron chi connectivity index (χ3n) is 11.8. The first-order chi connectivity index (χ1) is 29.7. The zero-order chi connectivity index (χ0) is 42.3. The number of hydrogen-bond acceptors (Lipinski definition) is 12. The summed E-state index contributed by atoms with van der Waals surface area (Å²) in [6, 6.07) is 21.2. The van der Waals surface area contributed by atoms with Gasteiger partial charge in [-0.25, -0.2) is 4.79 Å². The van der Waals surface area contributed by atoms with Crippen molar-refractivity contribution in [3.8, 4) is 34.5 Å². The third-order valence-corrected chi connectivity index (χ3v) is 13.9. The maximum atomic E-state index is 13.5. The second-order valence-electron chi connectivity index (χ2n) is 15.7. The van der Waals surface area contributed by atoms with Crippen LogP contribution in [0.25, 0.3) is 28.2 Å². The van der Waals surface area contributed by atoms with Crippen molar-refractivity contribution in [2.24, 2.45) is 11.8 Å². The number of aliphatic hydroxyl groups is 2. The number of fused-ring (bicyclic) bond motifs is 3. The topological polar surface area (TPSA) is 184 Å². The lowest BCUT2D eigenvalue weighted by atomic mass is 9.76. The molecule has 8 unspecified atom stereocenters. The van der Waals surface area contributed by atoms with Crippen LogP contribution in [-0.4, -0.2) is 86.4 Å². The first-order valence-corrected chi connectivity index (χ1v) is 22.9. The monoisotopic (exact) mass is 864 g/mol. The van der Waals surface area contributed by atoms with Gasteiger partial charge in [0.05, 0.1) is 10.9 Å². The number of carboxylic acid groups (broad SMARTS) is 1. The zero-order valence-electron chi connectivity index (χ0n) is 33.3. The molecule has 0 amide bonds. The molecule has 5 aromatic rings. The fourth-order valence-electron chi connectivity index (χ4n) is 8.56. The maximum Gasteiger partial charge on any atom is 0.335 e. The number of aromatic amines is 1. The number of phenols is 1. The van der Waals surface area contributed by atoms with E-state index in [9.17, 15) is 30.0 Å². The fraction of sp³-hybridized carbons (Fsp3) is 0.362. The Morgan fingerprint density at radius 1 is 1.03 bits per heavy atom. The number of carboxylic acids is 1. The molecule has 12 nitrogen and oxygen atoms in total. The fourth-order valence-corrected chi connectivity index (χ4v) is 10.6. The summed E-state index contributed by atoms with van der Waals surface area (Å²) in [5.74, 6) is 6.66. The number of nitrogens with one attached hydrogen (secondary N) is 2. The van der Waals surface area contributed by atoms with Crippen LogP contribution in [0.15, 0.2) is 107 Å². The van der Waals surface area contributed by atoms with E-state index in [4.69, 9.17) is 18.6 Å². The average Bonchev–Trinajstić information content (AvgIpc) is 3.79. The Bertz CT molecular complexity index is 2450. The summed E-state index contributed by atoms with van der Waals surface area (Å²) in [6.45, 7) is 0.239. The number of allylic oxidation sites excluding steroid dienone is 1. The summed E-state index contributed by atoms with van der Waals surface area (Å²) >= 11 is 0. The van der Waals surface area contributed by atoms with Crippen molar-refractivity contribution in [3.63, 3.8) is 0 Å². The number of ether oxygens (including phenoxy) is 3. The highest BCUT2D eigenvalue weighted by atomic mass is 33.1. The lowest BCUT2D eigenvalue weighted by Crippen LogP contribution is -2.72. The van der Waals surface area contributed by atoms with Crippen LogP contribution < -0.4 is 15.5 Å². The van der Waals surface area contributed by atoms with Gasteiger partial charge in [0.15, 0.2) is 17.1 Å². The number of aromatic nitrogens is 1. The Morgan fingerprint density at radius 2 is 1.89 bits per heavy atom. The lowest BCUT2D eigenvalue weighted by molar-refractivity contribution is -0.316. The molecular weight excluding hydrogens is 817 g/mol. The molecule has 0 spiro atoms. The molecule has 3 aliphatic rings. The van der Waals surface area contributed by atoms with Gasteiger partial charge in [0, 0.05) is 43.6 Å². The molecule has 0 radical (unpaired) electrons. The molecule has 61 heavy (non-hydrogen) atoms. The molecule has 0 bridgehead atoms. The minimum Gasteiger partial charge on any atom is -0.508 e. The van der Waals surface area contributed by atoms with Crippen molar-refractivity contribution in [3.05, 3.63) is 124 Å². The largest absolute Gasteiger partial charge is 0.508 e. The Balaban J connectivity index is 1.10. The van der Waals surface area contributed by atoms with Crippen LogP contribution in [0, 0.1) is 23.7 Å². The van der Waals surface area contributed by atoms with Crippen molar-refractivity contribution < 1.29 is 43.8 Å². The number of phenolic OH excluding ortho intramolecular Hbond substituents is 1. The number of carbonyl (C=O) groups is 1. The van der Waals surface area contributed by atoms with Gasteiger partial charge in [0.2, 0.25) is 6.29 Å². The Morgan fingerprint density at radius 3 is 2.70 bits per heavy atom. The quantitative estimate of drug-likeness (QED) is 0.0763. The SMILES string of the molecule is O=C(O)C1OC(Oc2ccc3c(=O)c(-c4ccc(O)cc4)coc3c2)C2(O)CNCC(C3CC#CCCCc4ccccc4C=CC3)C(c3cc[nH]c3)CSSCOC2C1O. The number of benzene rings is 3. The molecular formula is C47H48N2O10S2. The lowest BCUT2D eigenvalue weighted by Gasteiger charge is -2.48. The predicted octanol–water partition coefficient (Wildman–Crippen LogP) is 6.95. The van der Waals surface area contributed by atoms with Crippen LogP contribution in [0.5, 0.6) is 11.5 Å². The van der Waals surface area contributed by atoms with Gasteiger partial charge < -0.3 is 49.4 Å². The number of rotatable bonds is 6. The Hall–Kier alpha value is -4.98. The van der Waals surface area contributed by atoms with Gasteiger partial charge >= 0.3 is 5.97 Å². The average molecular weight is 865 g/mol. The predicted molar refractivity (Wildman–Crippen MR) is 236 cm³/mol. The van der Waals surface area contributed by atoms with Crippen molar-refractivity contribution >= 4 is 44.6 Å².